The molecule has 0 aromatic heterocycles. The molecule has 15 nitrogen and oxygen atoms in total. The molecule has 2 N–H and O–H groups in total. The van der Waals surface area contributed by atoms with Gasteiger partial charge in [-0.25, -0.2) is 0 Å². The molecule has 0 spiro atoms. The van der Waals surface area contributed by atoms with E-state index < -0.39 is 66.1 Å². The monoisotopic (exact) mass is 470 g/mol. The summed E-state index contributed by atoms with van der Waals surface area (Å²) in [6.45, 7) is -1.68. The van der Waals surface area contributed by atoms with Crippen LogP contribution in [0.1, 0.15) is 10.4 Å². The van der Waals surface area contributed by atoms with Crippen molar-refractivity contribution in [1.29, 1.82) is 0 Å². The third-order valence-electron chi connectivity index (χ3n) is 3.41. The molecule has 0 aliphatic carbocycles. The van der Waals surface area contributed by atoms with Gasteiger partial charge in [0.1, 0.15) is 11.3 Å². The van der Waals surface area contributed by atoms with Gasteiger partial charge in [0.15, 0.2) is 0 Å². The lowest BCUT2D eigenvalue weighted by molar-refractivity contribution is -0.393. The fourth-order valence-electron chi connectivity index (χ4n) is 2.26. The molecule has 0 saturated carbocycles. The molecule has 0 heterocycles. The van der Waals surface area contributed by atoms with Crippen molar-refractivity contribution >= 4 is 43.2 Å². The molecular weight excluding hydrogens is 452 g/mol. The highest BCUT2D eigenvalue weighted by Crippen LogP contribution is 2.35. The van der Waals surface area contributed by atoms with Crippen molar-refractivity contribution in [3.63, 3.8) is 0 Å². The Morgan fingerprint density at radius 1 is 0.967 bits per heavy atom. The number of hydrogen-bond donors (Lipinski definition) is 1. The molecule has 0 fully saturated rings. The van der Waals surface area contributed by atoms with Crippen LogP contribution in [0.25, 0.3) is 0 Å². The predicted octanol–water partition coefficient (Wildman–Crippen LogP) is -0.639. The highest BCUT2D eigenvalue weighted by molar-refractivity contribution is 7.86. The van der Waals surface area contributed by atoms with Gasteiger partial charge in [-0.15, -0.1) is 0 Å². The van der Waals surface area contributed by atoms with E-state index in [4.69, 9.17) is 5.73 Å². The summed E-state index contributed by atoms with van der Waals surface area (Å²) in [5, 5.41) is 22.6. The Morgan fingerprint density at radius 3 is 1.73 bits per heavy atom. The zero-order valence-electron chi connectivity index (χ0n) is 15.7. The summed E-state index contributed by atoms with van der Waals surface area (Å²) in [4.78, 5) is 33.2. The Balaban J connectivity index is 3.45. The Labute approximate surface area is 170 Å². The Kier molecular flexibility index (Phi) is 8.17. The lowest BCUT2D eigenvalue weighted by atomic mass is 10.1. The van der Waals surface area contributed by atoms with Crippen molar-refractivity contribution in [3.05, 3.63) is 37.9 Å². The summed E-state index contributed by atoms with van der Waals surface area (Å²) in [6, 6.07) is 1.32. The minimum atomic E-state index is -3.86. The van der Waals surface area contributed by atoms with Crippen LogP contribution in [-0.2, 0) is 28.6 Å². The molecule has 0 bridgehead atoms. The van der Waals surface area contributed by atoms with E-state index in [9.17, 15) is 41.9 Å². The molecule has 0 atom stereocenters. The van der Waals surface area contributed by atoms with Crippen molar-refractivity contribution in [2.45, 2.75) is 0 Å². The average Bonchev–Trinajstić information content (AvgIpc) is 2.56. The van der Waals surface area contributed by atoms with Gasteiger partial charge in [-0.05, 0) is 6.07 Å². The van der Waals surface area contributed by atoms with E-state index in [1.807, 2.05) is 0 Å². The van der Waals surface area contributed by atoms with Crippen LogP contribution < -0.4 is 10.6 Å². The van der Waals surface area contributed by atoms with Gasteiger partial charge < -0.3 is 10.6 Å². The second kappa shape index (κ2) is 9.74. The number of amides is 1. The summed E-state index contributed by atoms with van der Waals surface area (Å²) >= 11 is 0. The van der Waals surface area contributed by atoms with Crippen LogP contribution in [0.2, 0.25) is 0 Å². The molecule has 168 valence electrons. The highest BCUT2D eigenvalue weighted by Gasteiger charge is 2.29. The van der Waals surface area contributed by atoms with Crippen LogP contribution in [0.5, 0.6) is 0 Å². The van der Waals surface area contributed by atoms with Crippen molar-refractivity contribution in [1.82, 2.24) is 0 Å². The number of hydrogen-bond acceptors (Lipinski definition) is 12. The van der Waals surface area contributed by atoms with Crippen molar-refractivity contribution in [3.8, 4) is 0 Å². The molecule has 0 aliphatic heterocycles. The molecule has 1 rings (SSSR count). The van der Waals surface area contributed by atoms with E-state index in [0.29, 0.717) is 6.07 Å². The van der Waals surface area contributed by atoms with Crippen LogP contribution in [0.4, 0.5) is 17.1 Å². The number of nitro groups is 2. The number of primary amides is 1. The molecule has 1 amide bonds. The fraction of sp³-hybridized carbons (Fsp3) is 0.462. The van der Waals surface area contributed by atoms with Crippen LogP contribution in [-0.4, -0.2) is 71.4 Å². The molecule has 1 aromatic carbocycles. The van der Waals surface area contributed by atoms with E-state index in [-0.39, 0.29) is 18.8 Å². The van der Waals surface area contributed by atoms with Crippen molar-refractivity contribution in [2.24, 2.45) is 5.73 Å². The molecule has 0 saturated heterocycles. The number of carbonyl (C=O) groups is 1. The maximum absolute atomic E-state index is 11.6. The quantitative estimate of drug-likeness (QED) is 0.229. The summed E-state index contributed by atoms with van der Waals surface area (Å²) in [5.74, 6) is -1.24. The maximum Gasteiger partial charge on any atom is 0.299 e. The Bertz CT molecular complexity index is 1020. The fourth-order valence-corrected chi connectivity index (χ4v) is 3.02. The van der Waals surface area contributed by atoms with Gasteiger partial charge in [-0.2, -0.15) is 16.8 Å². The van der Waals surface area contributed by atoms with Gasteiger partial charge in [0, 0.05) is 13.1 Å². The highest BCUT2D eigenvalue weighted by atomic mass is 32.2. The van der Waals surface area contributed by atoms with E-state index >= 15 is 0 Å². The largest absolute Gasteiger partial charge is 0.365 e. The zero-order valence-corrected chi connectivity index (χ0v) is 17.3. The molecule has 0 unspecified atom stereocenters. The Hall–Kier alpha value is -2.89. The SMILES string of the molecule is CS(=O)(=O)OCCN(CCOS(C)(=O)=O)c1cc(C(N)=O)c([N+](=O)[O-])cc1[N+](=O)[O-]. The number of nitrogens with zero attached hydrogens (tertiary/aromatic N) is 3. The normalized spacial score (nSPS) is 11.8. The minimum absolute atomic E-state index is 0.336. The van der Waals surface area contributed by atoms with Gasteiger partial charge in [-0.3, -0.25) is 33.4 Å². The van der Waals surface area contributed by atoms with Gasteiger partial charge in [0.25, 0.3) is 37.5 Å². The summed E-state index contributed by atoms with van der Waals surface area (Å²) in [5.41, 5.74) is 2.42. The van der Waals surface area contributed by atoms with E-state index in [2.05, 4.69) is 8.37 Å². The van der Waals surface area contributed by atoms with Crippen LogP contribution in [0, 0.1) is 20.2 Å². The number of nitrogens with two attached hydrogens (primary N) is 1. The van der Waals surface area contributed by atoms with Crippen LogP contribution >= 0.6 is 0 Å². The standard InChI is InChI=1S/C13H18N4O11S2/c1-29(23,24)27-5-3-15(4-6-28-30(2,25)26)11-7-9(13(14)18)10(16(19)20)8-12(11)17(21)22/h7-8H,3-6H2,1-2H3,(H2,14,18). The molecule has 30 heavy (non-hydrogen) atoms. The number of carbonyl (C=O) groups excluding carboxylic acids is 1. The van der Waals surface area contributed by atoms with Gasteiger partial charge >= 0.3 is 0 Å². The lowest BCUT2D eigenvalue weighted by Crippen LogP contribution is -2.33. The molecule has 17 heteroatoms. The average molecular weight is 470 g/mol. The van der Waals surface area contributed by atoms with E-state index in [0.717, 1.165) is 23.5 Å². The van der Waals surface area contributed by atoms with Gasteiger partial charge in [0.05, 0.1) is 41.6 Å². The second-order valence-corrected chi connectivity index (χ2v) is 9.06. The summed E-state index contributed by atoms with van der Waals surface area (Å²) in [6.07, 6.45) is 1.53. The predicted molar refractivity (Wildman–Crippen MR) is 102 cm³/mol. The number of nitro benzene ring substituents is 2. The summed E-state index contributed by atoms with van der Waals surface area (Å²) < 4.78 is 53.7. The van der Waals surface area contributed by atoms with E-state index in [1.165, 1.54) is 0 Å². The van der Waals surface area contributed by atoms with Crippen molar-refractivity contribution in [2.75, 3.05) is 43.7 Å². The maximum atomic E-state index is 11.6. The second-order valence-electron chi connectivity index (χ2n) is 5.78. The smallest absolute Gasteiger partial charge is 0.299 e. The topological polar surface area (TPSA) is 219 Å². The first-order valence-corrected chi connectivity index (χ1v) is 11.5. The van der Waals surface area contributed by atoms with Gasteiger partial charge in [-0.1, -0.05) is 0 Å². The Morgan fingerprint density at radius 2 is 1.40 bits per heavy atom. The first-order valence-electron chi connectivity index (χ1n) is 7.82. The third-order valence-corrected chi connectivity index (χ3v) is 4.60. The zero-order chi connectivity index (χ0) is 23.3. The van der Waals surface area contributed by atoms with Crippen LogP contribution in [0.15, 0.2) is 12.1 Å². The van der Waals surface area contributed by atoms with Crippen LogP contribution in [0.3, 0.4) is 0 Å². The third kappa shape index (κ3) is 7.85. The van der Waals surface area contributed by atoms with E-state index in [1.54, 1.807) is 0 Å². The molecule has 0 aliphatic rings. The summed E-state index contributed by atoms with van der Waals surface area (Å²) in [7, 11) is -7.73. The molecule has 0 radical (unpaired) electrons. The number of rotatable bonds is 12. The lowest BCUT2D eigenvalue weighted by Gasteiger charge is -2.24. The van der Waals surface area contributed by atoms with Crippen molar-refractivity contribution < 1.29 is 39.8 Å². The molecule has 1 aromatic rings. The first-order chi connectivity index (χ1) is 13.6. The number of anilines is 1. The van der Waals surface area contributed by atoms with Gasteiger partial charge in [0.2, 0.25) is 0 Å². The first kappa shape index (κ1) is 25.1. The minimum Gasteiger partial charge on any atom is -0.365 e. The molecular formula is C13H18N4O11S2. The number of benzene rings is 1.